The van der Waals surface area contributed by atoms with E-state index in [9.17, 15) is 4.79 Å². The molecule has 88 valence electrons. The number of hydrogen-bond acceptors (Lipinski definition) is 3. The first kappa shape index (κ1) is 11.3. The number of carbonyl (C=O) groups excluding carboxylic acids is 1. The Balaban J connectivity index is 1.99. The molecule has 0 saturated heterocycles. The third-order valence-corrected chi connectivity index (χ3v) is 2.49. The van der Waals surface area contributed by atoms with Crippen LogP contribution in [-0.2, 0) is 6.54 Å². The average molecular weight is 230 g/mol. The summed E-state index contributed by atoms with van der Waals surface area (Å²) in [6, 6.07) is 9.14. The van der Waals surface area contributed by atoms with Crippen LogP contribution in [-0.4, -0.2) is 5.91 Å². The van der Waals surface area contributed by atoms with E-state index in [1.165, 1.54) is 6.26 Å². The van der Waals surface area contributed by atoms with Crippen LogP contribution >= 0.6 is 0 Å². The highest BCUT2D eigenvalue weighted by Crippen LogP contribution is 2.11. The Morgan fingerprint density at radius 1 is 1.41 bits per heavy atom. The number of furan rings is 1. The maximum absolute atomic E-state index is 11.7. The van der Waals surface area contributed by atoms with Crippen LogP contribution in [0, 0.1) is 6.92 Å². The molecule has 2 aromatic rings. The molecule has 0 aliphatic carbocycles. The van der Waals surface area contributed by atoms with Gasteiger partial charge in [-0.15, -0.1) is 0 Å². The second-order valence-corrected chi connectivity index (χ2v) is 3.83. The number of carbonyl (C=O) groups is 1. The van der Waals surface area contributed by atoms with Crippen molar-refractivity contribution in [3.8, 4) is 0 Å². The van der Waals surface area contributed by atoms with Gasteiger partial charge in [-0.3, -0.25) is 4.79 Å². The van der Waals surface area contributed by atoms with Crippen molar-refractivity contribution >= 4 is 11.6 Å². The third kappa shape index (κ3) is 2.66. The molecular formula is C13H14N2O2. The van der Waals surface area contributed by atoms with Crippen molar-refractivity contribution in [2.24, 2.45) is 0 Å². The Kier molecular flexibility index (Phi) is 3.14. The maximum Gasteiger partial charge on any atom is 0.254 e. The van der Waals surface area contributed by atoms with E-state index in [1.54, 1.807) is 13.0 Å². The molecule has 3 N–H and O–H groups in total. The smallest absolute Gasteiger partial charge is 0.254 e. The van der Waals surface area contributed by atoms with E-state index in [-0.39, 0.29) is 5.91 Å². The molecule has 0 aliphatic rings. The van der Waals surface area contributed by atoms with Crippen LogP contribution < -0.4 is 11.1 Å². The molecule has 0 unspecified atom stereocenters. The summed E-state index contributed by atoms with van der Waals surface area (Å²) in [5, 5.41) is 2.79. The summed E-state index contributed by atoms with van der Waals surface area (Å²) in [7, 11) is 0. The zero-order chi connectivity index (χ0) is 12.3. The zero-order valence-electron chi connectivity index (χ0n) is 9.57. The molecule has 1 amide bonds. The molecule has 0 fully saturated rings. The molecule has 17 heavy (non-hydrogen) atoms. The lowest BCUT2D eigenvalue weighted by atomic mass is 10.2. The summed E-state index contributed by atoms with van der Waals surface area (Å²) < 4.78 is 5.08. The van der Waals surface area contributed by atoms with E-state index >= 15 is 0 Å². The summed E-state index contributed by atoms with van der Waals surface area (Å²) in [6.45, 7) is 2.21. The zero-order valence-corrected chi connectivity index (χ0v) is 9.57. The topological polar surface area (TPSA) is 68.3 Å². The van der Waals surface area contributed by atoms with Gasteiger partial charge in [0.2, 0.25) is 0 Å². The first-order chi connectivity index (χ1) is 8.16. The number of aryl methyl sites for hydroxylation is 1. The highest BCUT2D eigenvalue weighted by Gasteiger charge is 2.08. The summed E-state index contributed by atoms with van der Waals surface area (Å²) in [5.41, 5.74) is 7.89. The minimum atomic E-state index is -0.162. The van der Waals surface area contributed by atoms with Crippen LogP contribution in [0.25, 0.3) is 0 Å². The highest BCUT2D eigenvalue weighted by molar-refractivity contribution is 5.93. The van der Waals surface area contributed by atoms with Gasteiger partial charge in [0.15, 0.2) is 0 Å². The first-order valence-corrected chi connectivity index (χ1v) is 5.33. The fourth-order valence-corrected chi connectivity index (χ4v) is 1.54. The normalized spacial score (nSPS) is 10.2. The van der Waals surface area contributed by atoms with Crippen molar-refractivity contribution in [3.05, 3.63) is 53.5 Å². The van der Waals surface area contributed by atoms with Crippen LogP contribution in [0.15, 0.2) is 41.0 Å². The predicted molar refractivity (Wildman–Crippen MR) is 65.5 cm³/mol. The molecule has 1 heterocycles. The Morgan fingerprint density at radius 2 is 2.18 bits per heavy atom. The van der Waals surface area contributed by atoms with Crippen LogP contribution in [0.5, 0.6) is 0 Å². The molecular weight excluding hydrogens is 216 g/mol. The standard InChI is InChI=1S/C13H14N2O2/c1-9-6-11(8-17-9)13(16)15-7-10-4-2-3-5-12(10)14/h2-6,8H,7,14H2,1H3,(H,15,16). The maximum atomic E-state index is 11.7. The summed E-state index contributed by atoms with van der Waals surface area (Å²) >= 11 is 0. The van der Waals surface area contributed by atoms with E-state index in [1.807, 2.05) is 24.3 Å². The van der Waals surface area contributed by atoms with E-state index in [4.69, 9.17) is 10.2 Å². The van der Waals surface area contributed by atoms with Gasteiger partial charge in [0.05, 0.1) is 5.56 Å². The van der Waals surface area contributed by atoms with Crippen molar-refractivity contribution in [1.29, 1.82) is 0 Å². The fraction of sp³-hybridized carbons (Fsp3) is 0.154. The lowest BCUT2D eigenvalue weighted by molar-refractivity contribution is 0.0950. The number of nitrogens with two attached hydrogens (primary N) is 1. The van der Waals surface area contributed by atoms with Gasteiger partial charge in [0.1, 0.15) is 12.0 Å². The van der Waals surface area contributed by atoms with Gasteiger partial charge in [0.25, 0.3) is 5.91 Å². The van der Waals surface area contributed by atoms with Crippen molar-refractivity contribution in [2.75, 3.05) is 5.73 Å². The Labute approximate surface area is 99.4 Å². The largest absolute Gasteiger partial charge is 0.469 e. The van der Waals surface area contributed by atoms with Crippen molar-refractivity contribution in [2.45, 2.75) is 13.5 Å². The number of para-hydroxylation sites is 1. The molecule has 0 saturated carbocycles. The van der Waals surface area contributed by atoms with Crippen LogP contribution in [0.1, 0.15) is 21.7 Å². The van der Waals surface area contributed by atoms with Crippen LogP contribution in [0.3, 0.4) is 0 Å². The quantitative estimate of drug-likeness (QED) is 0.793. The molecule has 2 rings (SSSR count). The summed E-state index contributed by atoms with van der Waals surface area (Å²) in [5.74, 6) is 0.555. The minimum absolute atomic E-state index is 0.162. The van der Waals surface area contributed by atoms with Gasteiger partial charge in [-0.25, -0.2) is 0 Å². The van der Waals surface area contributed by atoms with E-state index < -0.39 is 0 Å². The monoisotopic (exact) mass is 230 g/mol. The van der Waals surface area contributed by atoms with E-state index in [0.717, 1.165) is 11.3 Å². The van der Waals surface area contributed by atoms with Crippen molar-refractivity contribution < 1.29 is 9.21 Å². The second-order valence-electron chi connectivity index (χ2n) is 3.83. The molecule has 1 aromatic heterocycles. The minimum Gasteiger partial charge on any atom is -0.469 e. The first-order valence-electron chi connectivity index (χ1n) is 5.33. The molecule has 0 spiro atoms. The van der Waals surface area contributed by atoms with Gasteiger partial charge >= 0.3 is 0 Å². The number of rotatable bonds is 3. The van der Waals surface area contributed by atoms with E-state index in [2.05, 4.69) is 5.32 Å². The number of nitrogens with one attached hydrogen (secondary N) is 1. The Morgan fingerprint density at radius 3 is 2.82 bits per heavy atom. The Bertz CT molecular complexity index is 532. The number of benzene rings is 1. The molecule has 4 heteroatoms. The predicted octanol–water partition coefficient (Wildman–Crippen LogP) is 2.10. The van der Waals surface area contributed by atoms with Crippen molar-refractivity contribution in [1.82, 2.24) is 5.32 Å². The summed E-state index contributed by atoms with van der Waals surface area (Å²) in [6.07, 6.45) is 1.44. The number of nitrogen functional groups attached to an aromatic ring is 1. The van der Waals surface area contributed by atoms with Gasteiger partial charge in [-0.1, -0.05) is 18.2 Å². The van der Waals surface area contributed by atoms with Crippen LogP contribution in [0.2, 0.25) is 0 Å². The number of amides is 1. The lowest BCUT2D eigenvalue weighted by Crippen LogP contribution is -2.22. The van der Waals surface area contributed by atoms with Gasteiger partial charge < -0.3 is 15.5 Å². The number of anilines is 1. The molecule has 0 aliphatic heterocycles. The molecule has 0 atom stereocenters. The second kappa shape index (κ2) is 4.74. The molecule has 4 nitrogen and oxygen atoms in total. The van der Waals surface area contributed by atoms with Gasteiger partial charge in [-0.05, 0) is 24.6 Å². The van der Waals surface area contributed by atoms with Crippen LogP contribution in [0.4, 0.5) is 5.69 Å². The number of hydrogen-bond donors (Lipinski definition) is 2. The summed E-state index contributed by atoms with van der Waals surface area (Å²) in [4.78, 5) is 11.7. The highest BCUT2D eigenvalue weighted by atomic mass is 16.3. The Hall–Kier alpha value is -2.23. The van der Waals surface area contributed by atoms with Gasteiger partial charge in [0, 0.05) is 12.2 Å². The fourth-order valence-electron chi connectivity index (χ4n) is 1.54. The van der Waals surface area contributed by atoms with Crippen molar-refractivity contribution in [3.63, 3.8) is 0 Å². The average Bonchev–Trinajstić information content (AvgIpc) is 2.74. The molecule has 0 radical (unpaired) electrons. The van der Waals surface area contributed by atoms with Gasteiger partial charge in [-0.2, -0.15) is 0 Å². The molecule has 1 aromatic carbocycles. The molecule has 0 bridgehead atoms. The lowest BCUT2D eigenvalue weighted by Gasteiger charge is -2.06. The SMILES string of the molecule is Cc1cc(C(=O)NCc2ccccc2N)co1. The van der Waals surface area contributed by atoms with E-state index in [0.29, 0.717) is 17.8 Å². The third-order valence-electron chi connectivity index (χ3n) is 2.49.